The van der Waals surface area contributed by atoms with Gasteiger partial charge in [0.1, 0.15) is 5.78 Å². The molecule has 118 valence electrons. The maximum atomic E-state index is 10.8. The summed E-state index contributed by atoms with van der Waals surface area (Å²) in [5.74, 6) is 0.346. The first-order valence-corrected chi connectivity index (χ1v) is 8.76. The van der Waals surface area contributed by atoms with E-state index < -0.39 is 0 Å². The van der Waals surface area contributed by atoms with Gasteiger partial charge < -0.3 is 7.65 Å². The van der Waals surface area contributed by atoms with Crippen molar-refractivity contribution in [2.24, 2.45) is 0 Å². The molecule has 0 aromatic carbocycles. The molecular formula is C18H38CaO. The molecule has 0 spiro atoms. The molecule has 0 fully saturated rings. The molecule has 0 atom stereocenters. The van der Waals surface area contributed by atoms with Crippen molar-refractivity contribution in [1.82, 2.24) is 0 Å². The number of carbonyl (C=O) groups is 1. The Labute approximate surface area is 160 Å². The van der Waals surface area contributed by atoms with E-state index in [1.807, 2.05) is 0 Å². The fraction of sp³-hybridized carbons (Fsp3) is 0.944. The Hall–Kier alpha value is 0.930. The zero-order chi connectivity index (χ0) is 14.2. The van der Waals surface area contributed by atoms with Crippen LogP contribution in [0.4, 0.5) is 0 Å². The van der Waals surface area contributed by atoms with Crippen LogP contribution in [0.2, 0.25) is 0 Å². The standard InChI is InChI=1S/C18H36O.Ca.2H/c1-3-4-5-6-7-8-9-10-11-12-13-14-15-16-17-18(2)19;;;/h3-17H2,1-2H3;;;/q;+2;2*-1. The van der Waals surface area contributed by atoms with Crippen molar-refractivity contribution >= 4 is 43.5 Å². The van der Waals surface area contributed by atoms with E-state index in [0.29, 0.717) is 5.78 Å². The van der Waals surface area contributed by atoms with E-state index in [-0.39, 0.29) is 40.6 Å². The van der Waals surface area contributed by atoms with Gasteiger partial charge in [-0.1, -0.05) is 90.4 Å². The smallest absolute Gasteiger partial charge is 1.00 e. The van der Waals surface area contributed by atoms with Gasteiger partial charge in [-0.25, -0.2) is 0 Å². The van der Waals surface area contributed by atoms with Gasteiger partial charge in [-0.15, -0.1) is 0 Å². The number of hydrogen-bond donors (Lipinski definition) is 0. The van der Waals surface area contributed by atoms with Gasteiger partial charge in [0.15, 0.2) is 0 Å². The fourth-order valence-corrected chi connectivity index (χ4v) is 2.57. The van der Waals surface area contributed by atoms with Gasteiger partial charge in [0.05, 0.1) is 0 Å². The zero-order valence-corrected chi connectivity index (χ0v) is 16.4. The van der Waals surface area contributed by atoms with Crippen LogP contribution in [-0.2, 0) is 4.79 Å². The van der Waals surface area contributed by atoms with Crippen LogP contribution in [0.1, 0.15) is 113 Å². The van der Waals surface area contributed by atoms with E-state index in [1.54, 1.807) is 6.92 Å². The fourth-order valence-electron chi connectivity index (χ4n) is 2.57. The molecule has 0 saturated carbocycles. The van der Waals surface area contributed by atoms with Gasteiger partial charge in [0, 0.05) is 6.42 Å². The molecule has 0 aliphatic heterocycles. The number of Topliss-reactive ketones (excluding diaryl/α,β-unsaturated/α-hetero) is 1. The number of ketones is 1. The van der Waals surface area contributed by atoms with Crippen LogP contribution in [-0.4, -0.2) is 43.5 Å². The van der Waals surface area contributed by atoms with Crippen molar-refractivity contribution in [3.05, 3.63) is 0 Å². The minimum Gasteiger partial charge on any atom is -1.00 e. The molecule has 0 radical (unpaired) electrons. The van der Waals surface area contributed by atoms with Crippen molar-refractivity contribution in [2.45, 2.75) is 110 Å². The molecule has 0 aromatic heterocycles. The molecule has 2 heteroatoms. The van der Waals surface area contributed by atoms with Gasteiger partial charge in [-0.3, -0.25) is 0 Å². The summed E-state index contributed by atoms with van der Waals surface area (Å²) in [6.45, 7) is 3.97. The Morgan fingerprint density at radius 3 is 1.25 bits per heavy atom. The summed E-state index contributed by atoms with van der Waals surface area (Å²) in [5.41, 5.74) is 0. The third kappa shape index (κ3) is 21.2. The second-order valence-corrected chi connectivity index (χ2v) is 6.05. The average molecular weight is 311 g/mol. The Bertz CT molecular complexity index is 202. The Morgan fingerprint density at radius 2 is 0.950 bits per heavy atom. The van der Waals surface area contributed by atoms with Gasteiger partial charge in [-0.05, 0) is 13.3 Å². The molecule has 0 saturated heterocycles. The largest absolute Gasteiger partial charge is 2.00 e. The zero-order valence-electron chi connectivity index (χ0n) is 16.2. The van der Waals surface area contributed by atoms with Crippen LogP contribution in [0.3, 0.4) is 0 Å². The molecule has 0 heterocycles. The quantitative estimate of drug-likeness (QED) is 0.256. The van der Waals surface area contributed by atoms with Crippen molar-refractivity contribution in [3.63, 3.8) is 0 Å². The molecule has 0 bridgehead atoms. The van der Waals surface area contributed by atoms with E-state index in [2.05, 4.69) is 6.92 Å². The maximum Gasteiger partial charge on any atom is 2.00 e. The maximum absolute atomic E-state index is 10.8. The molecule has 0 aliphatic rings. The van der Waals surface area contributed by atoms with Gasteiger partial charge >= 0.3 is 37.7 Å². The molecule has 0 unspecified atom stereocenters. The molecule has 0 aliphatic carbocycles. The predicted octanol–water partition coefficient (Wildman–Crippen LogP) is 6.29. The van der Waals surface area contributed by atoms with Crippen LogP contribution in [0.15, 0.2) is 0 Å². The SMILES string of the molecule is CCCCCCCCCCCCCCCCC(C)=O.[Ca+2].[H-].[H-]. The number of unbranched alkanes of at least 4 members (excludes halogenated alkanes) is 13. The van der Waals surface area contributed by atoms with Crippen LogP contribution in [0.25, 0.3) is 0 Å². The van der Waals surface area contributed by atoms with Gasteiger partial charge in [0.25, 0.3) is 0 Å². The van der Waals surface area contributed by atoms with Gasteiger partial charge in [0.2, 0.25) is 0 Å². The van der Waals surface area contributed by atoms with Crippen LogP contribution >= 0.6 is 0 Å². The monoisotopic (exact) mass is 310 g/mol. The van der Waals surface area contributed by atoms with Crippen molar-refractivity contribution in [3.8, 4) is 0 Å². The molecule has 0 amide bonds. The first-order chi connectivity index (χ1) is 9.27. The second kappa shape index (κ2) is 19.9. The minimum absolute atomic E-state index is 0. The third-order valence-electron chi connectivity index (χ3n) is 3.88. The summed E-state index contributed by atoms with van der Waals surface area (Å²) < 4.78 is 0. The van der Waals surface area contributed by atoms with Crippen molar-refractivity contribution in [2.75, 3.05) is 0 Å². The van der Waals surface area contributed by atoms with E-state index in [1.165, 1.54) is 83.5 Å². The summed E-state index contributed by atoms with van der Waals surface area (Å²) in [4.78, 5) is 10.8. The topological polar surface area (TPSA) is 17.1 Å². The molecular weight excluding hydrogens is 272 g/mol. The molecule has 0 aromatic rings. The van der Waals surface area contributed by atoms with Crippen molar-refractivity contribution < 1.29 is 7.65 Å². The summed E-state index contributed by atoms with van der Waals surface area (Å²) in [7, 11) is 0. The summed E-state index contributed by atoms with van der Waals surface area (Å²) in [6, 6.07) is 0. The Kier molecular flexibility index (Phi) is 23.1. The number of carbonyl (C=O) groups excluding carboxylic acids is 1. The average Bonchev–Trinajstić information content (AvgIpc) is 2.39. The van der Waals surface area contributed by atoms with E-state index in [4.69, 9.17) is 0 Å². The Balaban J connectivity index is -0.000000540. The Morgan fingerprint density at radius 1 is 0.650 bits per heavy atom. The molecule has 20 heavy (non-hydrogen) atoms. The minimum atomic E-state index is 0. The summed E-state index contributed by atoms with van der Waals surface area (Å²) >= 11 is 0. The van der Waals surface area contributed by atoms with E-state index in [0.717, 1.165) is 12.8 Å². The normalized spacial score (nSPS) is 10.3. The number of rotatable bonds is 15. The molecule has 0 rings (SSSR count). The van der Waals surface area contributed by atoms with E-state index >= 15 is 0 Å². The predicted molar refractivity (Wildman–Crippen MR) is 93.6 cm³/mol. The van der Waals surface area contributed by atoms with Crippen LogP contribution in [0.5, 0.6) is 0 Å². The summed E-state index contributed by atoms with van der Waals surface area (Å²) in [5, 5.41) is 0. The first-order valence-electron chi connectivity index (χ1n) is 8.76. The van der Waals surface area contributed by atoms with Gasteiger partial charge in [-0.2, -0.15) is 0 Å². The summed E-state index contributed by atoms with van der Waals surface area (Å²) in [6.07, 6.45) is 20.1. The van der Waals surface area contributed by atoms with Crippen LogP contribution < -0.4 is 0 Å². The molecule has 0 N–H and O–H groups in total. The second-order valence-electron chi connectivity index (χ2n) is 6.05. The molecule has 1 nitrogen and oxygen atoms in total. The van der Waals surface area contributed by atoms with Crippen LogP contribution in [0, 0.1) is 0 Å². The third-order valence-corrected chi connectivity index (χ3v) is 3.88. The first kappa shape index (κ1) is 23.2. The van der Waals surface area contributed by atoms with Crippen molar-refractivity contribution in [1.29, 1.82) is 0 Å². The number of hydrogen-bond acceptors (Lipinski definition) is 1. The van der Waals surface area contributed by atoms with E-state index in [9.17, 15) is 4.79 Å².